The lowest BCUT2D eigenvalue weighted by Gasteiger charge is -2.13. The maximum Gasteiger partial charge on any atom is 0.143 e. The first kappa shape index (κ1) is 26.3. The Labute approximate surface area is 275 Å². The highest BCUT2D eigenvalue weighted by molar-refractivity contribution is 7.26. The molecular formula is C44H27NOS. The molecule has 0 fully saturated rings. The highest BCUT2D eigenvalue weighted by atomic mass is 32.1. The third kappa shape index (κ3) is 3.97. The van der Waals surface area contributed by atoms with Crippen molar-refractivity contribution in [2.75, 3.05) is 0 Å². The smallest absolute Gasteiger partial charge is 0.143 e. The molecule has 0 saturated heterocycles. The molecule has 0 aliphatic heterocycles. The van der Waals surface area contributed by atoms with Gasteiger partial charge in [0.1, 0.15) is 11.2 Å². The fraction of sp³-hybridized carbons (Fsp3) is 0. The Morgan fingerprint density at radius 3 is 1.98 bits per heavy atom. The molecule has 3 heteroatoms. The number of para-hydroxylation sites is 3. The van der Waals surface area contributed by atoms with E-state index in [9.17, 15) is 0 Å². The van der Waals surface area contributed by atoms with Gasteiger partial charge in [-0.3, -0.25) is 0 Å². The molecule has 0 atom stereocenters. The highest BCUT2D eigenvalue weighted by Gasteiger charge is 2.22. The summed E-state index contributed by atoms with van der Waals surface area (Å²) >= 11 is 1.88. The first-order valence-electron chi connectivity index (χ1n) is 15.9. The summed E-state index contributed by atoms with van der Waals surface area (Å²) in [6.07, 6.45) is 0. The quantitative estimate of drug-likeness (QED) is 0.192. The number of benzene rings is 7. The summed E-state index contributed by atoms with van der Waals surface area (Å²) < 4.78 is 11.7. The normalized spacial score (nSPS) is 11.8. The molecule has 10 aromatic rings. The molecule has 47 heavy (non-hydrogen) atoms. The van der Waals surface area contributed by atoms with Crippen molar-refractivity contribution in [3.8, 4) is 39.1 Å². The summed E-state index contributed by atoms with van der Waals surface area (Å²) in [5, 5.41) is 4.83. The van der Waals surface area contributed by atoms with Crippen molar-refractivity contribution in [2.45, 2.75) is 0 Å². The molecular weight excluding hydrogens is 591 g/mol. The van der Waals surface area contributed by atoms with E-state index in [1.807, 2.05) is 11.3 Å². The molecule has 0 saturated carbocycles. The van der Waals surface area contributed by atoms with Crippen LogP contribution in [0.1, 0.15) is 0 Å². The Morgan fingerprint density at radius 1 is 0.468 bits per heavy atom. The number of aromatic nitrogens is 1. The number of nitrogens with zero attached hydrogens (tertiary/aromatic N) is 1. The lowest BCUT2D eigenvalue weighted by Crippen LogP contribution is -1.94. The van der Waals surface area contributed by atoms with Gasteiger partial charge in [0, 0.05) is 37.5 Å². The van der Waals surface area contributed by atoms with E-state index in [1.54, 1.807) is 0 Å². The van der Waals surface area contributed by atoms with E-state index in [1.165, 1.54) is 59.1 Å². The Bertz CT molecular complexity index is 2780. The van der Waals surface area contributed by atoms with Gasteiger partial charge in [-0.05, 0) is 64.2 Å². The first-order chi connectivity index (χ1) is 23.3. The monoisotopic (exact) mass is 617 g/mol. The molecule has 0 aliphatic rings. The molecule has 0 unspecified atom stereocenters. The zero-order valence-corrected chi connectivity index (χ0v) is 26.2. The van der Waals surface area contributed by atoms with Crippen LogP contribution in [0, 0.1) is 0 Å². The minimum atomic E-state index is 0.902. The van der Waals surface area contributed by atoms with Crippen LogP contribution in [0.3, 0.4) is 0 Å². The van der Waals surface area contributed by atoms with Gasteiger partial charge in [-0.25, -0.2) is 0 Å². The second-order valence-corrected chi connectivity index (χ2v) is 13.1. The van der Waals surface area contributed by atoms with Crippen molar-refractivity contribution < 1.29 is 4.42 Å². The van der Waals surface area contributed by atoms with Crippen LogP contribution in [0.5, 0.6) is 0 Å². The Morgan fingerprint density at radius 2 is 1.13 bits per heavy atom. The fourth-order valence-electron chi connectivity index (χ4n) is 7.35. The number of fused-ring (bicyclic) bond motifs is 8. The van der Waals surface area contributed by atoms with Crippen LogP contribution in [0.4, 0.5) is 0 Å². The molecule has 0 bridgehead atoms. The molecule has 3 heterocycles. The lowest BCUT2D eigenvalue weighted by molar-refractivity contribution is 0.670. The Kier molecular flexibility index (Phi) is 5.78. The van der Waals surface area contributed by atoms with Crippen molar-refractivity contribution in [3.05, 3.63) is 164 Å². The molecule has 7 aromatic carbocycles. The van der Waals surface area contributed by atoms with Gasteiger partial charge in [0.25, 0.3) is 0 Å². The maximum absolute atomic E-state index is 6.68. The summed E-state index contributed by atoms with van der Waals surface area (Å²) in [4.78, 5) is 0. The lowest BCUT2D eigenvalue weighted by atomic mass is 9.91. The van der Waals surface area contributed by atoms with Crippen molar-refractivity contribution in [1.29, 1.82) is 0 Å². The second kappa shape index (κ2) is 10.3. The Hall–Kier alpha value is -5.90. The van der Waals surface area contributed by atoms with Crippen LogP contribution in [0.25, 0.3) is 92.2 Å². The molecule has 0 amide bonds. The summed E-state index contributed by atoms with van der Waals surface area (Å²) in [6, 6.07) is 58.7. The van der Waals surface area contributed by atoms with Crippen LogP contribution in [-0.2, 0) is 0 Å². The van der Waals surface area contributed by atoms with Crippen LogP contribution >= 0.6 is 11.3 Å². The maximum atomic E-state index is 6.68. The molecule has 0 N–H and O–H groups in total. The van der Waals surface area contributed by atoms with Gasteiger partial charge < -0.3 is 8.98 Å². The second-order valence-electron chi connectivity index (χ2n) is 12.1. The number of hydrogen-bond donors (Lipinski definition) is 0. The van der Waals surface area contributed by atoms with Crippen LogP contribution < -0.4 is 0 Å². The number of thiophene rings is 1. The Balaban J connectivity index is 1.24. The minimum absolute atomic E-state index is 0.902. The fourth-order valence-corrected chi connectivity index (χ4v) is 8.60. The van der Waals surface area contributed by atoms with Gasteiger partial charge in [-0.1, -0.05) is 127 Å². The summed E-state index contributed by atoms with van der Waals surface area (Å²) in [5.41, 5.74) is 12.6. The summed E-state index contributed by atoms with van der Waals surface area (Å²) in [5.74, 6) is 0. The predicted octanol–water partition coefficient (Wildman–Crippen LogP) is 12.9. The van der Waals surface area contributed by atoms with Crippen LogP contribution in [-0.4, -0.2) is 4.57 Å². The van der Waals surface area contributed by atoms with E-state index in [-0.39, 0.29) is 0 Å². The number of hydrogen-bond acceptors (Lipinski definition) is 2. The van der Waals surface area contributed by atoms with Crippen LogP contribution in [0.15, 0.2) is 168 Å². The van der Waals surface area contributed by atoms with Gasteiger partial charge in [0.2, 0.25) is 0 Å². The van der Waals surface area contributed by atoms with Crippen molar-refractivity contribution in [2.24, 2.45) is 0 Å². The van der Waals surface area contributed by atoms with E-state index < -0.39 is 0 Å². The van der Waals surface area contributed by atoms with Gasteiger partial charge in [-0.2, -0.15) is 0 Å². The number of furan rings is 1. The zero-order chi connectivity index (χ0) is 30.9. The SMILES string of the molecule is c1ccc(-c2ccc3oc4c(-c5ccccc5-c5cccc6sc7c8ccccc8n(-c8ccccc8)c7c56)cccc4c3c2)cc1. The van der Waals surface area contributed by atoms with Gasteiger partial charge in [-0.15, -0.1) is 11.3 Å². The highest BCUT2D eigenvalue weighted by Crippen LogP contribution is 2.48. The standard InChI is InChI=1S/C44H27NOS/c1-3-13-28(14-4-1)29-25-26-39-37(27-29)35-22-11-21-34(43(35)46-39)32-18-8-7-17-31(32)33-20-12-24-40-41(33)42-44(47-40)36-19-9-10-23-38(36)45(42)30-15-5-2-6-16-30/h1-27H. The van der Waals surface area contributed by atoms with E-state index in [4.69, 9.17) is 4.42 Å². The van der Waals surface area contributed by atoms with Gasteiger partial charge in [0.05, 0.1) is 15.7 Å². The average molecular weight is 618 g/mol. The molecule has 10 rings (SSSR count). The van der Waals surface area contributed by atoms with Crippen molar-refractivity contribution in [1.82, 2.24) is 4.57 Å². The van der Waals surface area contributed by atoms with Crippen LogP contribution in [0.2, 0.25) is 0 Å². The molecule has 0 spiro atoms. The van der Waals surface area contributed by atoms with E-state index in [0.717, 1.165) is 33.1 Å². The third-order valence-corrected chi connectivity index (χ3v) is 10.6. The summed E-state index contributed by atoms with van der Waals surface area (Å²) in [6.45, 7) is 0. The van der Waals surface area contributed by atoms with Crippen molar-refractivity contribution in [3.63, 3.8) is 0 Å². The molecule has 0 radical (unpaired) electrons. The predicted molar refractivity (Wildman–Crippen MR) is 200 cm³/mol. The zero-order valence-electron chi connectivity index (χ0n) is 25.4. The number of rotatable bonds is 4. The first-order valence-corrected chi connectivity index (χ1v) is 16.8. The minimum Gasteiger partial charge on any atom is -0.455 e. The summed E-state index contributed by atoms with van der Waals surface area (Å²) in [7, 11) is 0. The molecule has 0 aliphatic carbocycles. The molecule has 220 valence electrons. The van der Waals surface area contributed by atoms with Gasteiger partial charge in [0.15, 0.2) is 0 Å². The topological polar surface area (TPSA) is 18.1 Å². The van der Waals surface area contributed by atoms with E-state index in [0.29, 0.717) is 0 Å². The average Bonchev–Trinajstić information content (AvgIpc) is 3.81. The van der Waals surface area contributed by atoms with E-state index >= 15 is 0 Å². The van der Waals surface area contributed by atoms with Gasteiger partial charge >= 0.3 is 0 Å². The third-order valence-electron chi connectivity index (χ3n) is 9.43. The molecule has 2 nitrogen and oxygen atoms in total. The van der Waals surface area contributed by atoms with E-state index in [2.05, 4.69) is 168 Å². The van der Waals surface area contributed by atoms with Crippen molar-refractivity contribution >= 4 is 64.5 Å². The largest absolute Gasteiger partial charge is 0.455 e. The molecule has 3 aromatic heterocycles.